The molecule has 0 radical (unpaired) electrons. The van der Waals surface area contributed by atoms with Crippen LogP contribution in [0.3, 0.4) is 0 Å². The first kappa shape index (κ1) is 23.8. The van der Waals surface area contributed by atoms with Gasteiger partial charge < -0.3 is 20.1 Å². The Morgan fingerprint density at radius 3 is 2.46 bits per heavy atom. The molecule has 3 aromatic carbocycles. The molecule has 2 amide bonds. The van der Waals surface area contributed by atoms with Gasteiger partial charge in [-0.25, -0.2) is 4.79 Å². The van der Waals surface area contributed by atoms with Crippen LogP contribution in [-0.2, 0) is 9.53 Å². The quantitative estimate of drug-likeness (QED) is 0.406. The van der Waals surface area contributed by atoms with Gasteiger partial charge in [-0.1, -0.05) is 42.5 Å². The van der Waals surface area contributed by atoms with Crippen LogP contribution in [0.4, 0.5) is 11.4 Å². The van der Waals surface area contributed by atoms with Crippen molar-refractivity contribution in [2.24, 2.45) is 4.99 Å². The second-order valence-electron chi connectivity index (χ2n) is 8.08. The van der Waals surface area contributed by atoms with Crippen molar-refractivity contribution in [2.45, 2.75) is 5.92 Å². The lowest BCUT2D eigenvalue weighted by Crippen LogP contribution is -2.29. The summed E-state index contributed by atoms with van der Waals surface area (Å²) in [6.45, 7) is 0.0836. The molecule has 1 unspecified atom stereocenters. The molecule has 0 saturated carbocycles. The molecule has 0 bridgehead atoms. The molecule has 1 aliphatic rings. The molecule has 0 fully saturated rings. The molecule has 8 heteroatoms. The SMILES string of the molecule is COC(=O)c1ccc2c(c1)NC(=O)C2C(=Nc1cccc(C(=O)N(C)CCO)c1)c1ccccc1. The first-order valence-electron chi connectivity index (χ1n) is 11.1. The Labute approximate surface area is 202 Å². The molecular weight excluding hydrogens is 446 g/mol. The van der Waals surface area contributed by atoms with Gasteiger partial charge in [0.05, 0.1) is 30.7 Å². The third kappa shape index (κ3) is 4.97. The van der Waals surface area contributed by atoms with E-state index in [4.69, 9.17) is 14.8 Å². The number of hydrogen-bond acceptors (Lipinski definition) is 6. The minimum atomic E-state index is -0.712. The van der Waals surface area contributed by atoms with Crippen molar-refractivity contribution >= 4 is 34.9 Å². The van der Waals surface area contributed by atoms with Gasteiger partial charge in [0.2, 0.25) is 5.91 Å². The summed E-state index contributed by atoms with van der Waals surface area (Å²) in [5.41, 5.74) is 3.77. The zero-order chi connectivity index (χ0) is 24.9. The number of fused-ring (bicyclic) bond motifs is 1. The summed E-state index contributed by atoms with van der Waals surface area (Å²) in [5, 5.41) is 12.0. The highest BCUT2D eigenvalue weighted by atomic mass is 16.5. The molecule has 178 valence electrons. The van der Waals surface area contributed by atoms with Crippen molar-refractivity contribution in [1.29, 1.82) is 0 Å². The van der Waals surface area contributed by atoms with Gasteiger partial charge in [-0.2, -0.15) is 0 Å². The lowest BCUT2D eigenvalue weighted by Gasteiger charge is -2.16. The molecule has 2 N–H and O–H groups in total. The minimum absolute atomic E-state index is 0.133. The third-order valence-electron chi connectivity index (χ3n) is 5.77. The van der Waals surface area contributed by atoms with Crippen molar-refractivity contribution in [2.75, 3.05) is 32.6 Å². The Morgan fingerprint density at radius 2 is 1.74 bits per heavy atom. The van der Waals surface area contributed by atoms with E-state index in [1.807, 2.05) is 30.3 Å². The minimum Gasteiger partial charge on any atom is -0.465 e. The zero-order valence-corrected chi connectivity index (χ0v) is 19.4. The topological polar surface area (TPSA) is 108 Å². The smallest absolute Gasteiger partial charge is 0.337 e. The van der Waals surface area contributed by atoms with Crippen LogP contribution in [0.2, 0.25) is 0 Å². The molecule has 0 aliphatic carbocycles. The molecule has 8 nitrogen and oxygen atoms in total. The number of methoxy groups -OCH3 is 1. The van der Waals surface area contributed by atoms with Crippen LogP contribution in [0.5, 0.6) is 0 Å². The van der Waals surface area contributed by atoms with Crippen LogP contribution < -0.4 is 5.32 Å². The first-order valence-corrected chi connectivity index (χ1v) is 11.1. The molecule has 1 aliphatic heterocycles. The highest BCUT2D eigenvalue weighted by Crippen LogP contribution is 2.37. The summed E-state index contributed by atoms with van der Waals surface area (Å²) in [6.07, 6.45) is 0. The Bertz CT molecular complexity index is 1300. The van der Waals surface area contributed by atoms with E-state index in [-0.39, 0.29) is 25.0 Å². The normalized spacial score (nSPS) is 14.8. The van der Waals surface area contributed by atoms with Gasteiger partial charge in [-0.15, -0.1) is 0 Å². The molecule has 4 rings (SSSR count). The largest absolute Gasteiger partial charge is 0.465 e. The van der Waals surface area contributed by atoms with Crippen LogP contribution in [0.1, 0.15) is 37.8 Å². The molecule has 0 spiro atoms. The van der Waals surface area contributed by atoms with Gasteiger partial charge in [-0.3, -0.25) is 14.6 Å². The molecular formula is C27H25N3O5. The lowest BCUT2D eigenvalue weighted by atomic mass is 9.90. The Morgan fingerprint density at radius 1 is 1.00 bits per heavy atom. The molecule has 1 atom stereocenters. The van der Waals surface area contributed by atoms with Gasteiger partial charge >= 0.3 is 5.97 Å². The molecule has 0 aromatic heterocycles. The van der Waals surface area contributed by atoms with Crippen LogP contribution in [0.15, 0.2) is 77.8 Å². The number of benzene rings is 3. The van der Waals surface area contributed by atoms with Crippen LogP contribution in [0.25, 0.3) is 0 Å². The van der Waals surface area contributed by atoms with E-state index < -0.39 is 11.9 Å². The number of hydrogen-bond donors (Lipinski definition) is 2. The molecule has 35 heavy (non-hydrogen) atoms. The number of aliphatic hydroxyl groups is 1. The summed E-state index contributed by atoms with van der Waals surface area (Å²) in [5.74, 6) is -1.71. The van der Waals surface area contributed by atoms with Crippen molar-refractivity contribution in [3.63, 3.8) is 0 Å². The summed E-state index contributed by atoms with van der Waals surface area (Å²) in [6, 6.07) is 21.1. The average molecular weight is 472 g/mol. The van der Waals surface area contributed by atoms with Gasteiger partial charge in [0.1, 0.15) is 5.92 Å². The fraction of sp³-hybridized carbons (Fsp3) is 0.185. The first-order chi connectivity index (χ1) is 16.9. The maximum Gasteiger partial charge on any atom is 0.337 e. The predicted molar refractivity (Wildman–Crippen MR) is 132 cm³/mol. The maximum absolute atomic E-state index is 13.1. The molecule has 1 heterocycles. The lowest BCUT2D eigenvalue weighted by molar-refractivity contribution is -0.115. The Kier molecular flexibility index (Phi) is 7.03. The Hall–Kier alpha value is -4.30. The van der Waals surface area contributed by atoms with E-state index in [1.165, 1.54) is 12.0 Å². The number of aliphatic imine (C=N–C) groups is 1. The van der Waals surface area contributed by atoms with Crippen molar-refractivity contribution in [3.8, 4) is 0 Å². The van der Waals surface area contributed by atoms with E-state index in [1.54, 1.807) is 49.5 Å². The number of esters is 1. The summed E-state index contributed by atoms with van der Waals surface area (Å²) in [7, 11) is 2.92. The highest BCUT2D eigenvalue weighted by molar-refractivity contribution is 6.24. The van der Waals surface area contributed by atoms with Crippen molar-refractivity contribution < 1.29 is 24.2 Å². The van der Waals surface area contributed by atoms with E-state index in [2.05, 4.69) is 5.32 Å². The highest BCUT2D eigenvalue weighted by Gasteiger charge is 2.36. The number of ether oxygens (including phenoxy) is 1. The number of nitrogens with one attached hydrogen (secondary N) is 1. The Balaban J connectivity index is 1.79. The number of aliphatic hydroxyl groups excluding tert-OH is 1. The number of nitrogens with zero attached hydrogens (tertiary/aromatic N) is 2. The third-order valence-corrected chi connectivity index (χ3v) is 5.77. The monoisotopic (exact) mass is 471 g/mol. The van der Waals surface area contributed by atoms with Gasteiger partial charge in [0, 0.05) is 24.8 Å². The van der Waals surface area contributed by atoms with E-state index >= 15 is 0 Å². The van der Waals surface area contributed by atoms with Gasteiger partial charge in [0.15, 0.2) is 0 Å². The summed E-state index contributed by atoms with van der Waals surface area (Å²) < 4.78 is 4.79. The van der Waals surface area contributed by atoms with Gasteiger partial charge in [0.25, 0.3) is 5.91 Å². The summed E-state index contributed by atoms with van der Waals surface area (Å²) >= 11 is 0. The standard InChI is InChI=1S/C27H25N3O5/c1-30(13-14-31)26(33)18-9-6-10-20(15-18)28-24(17-7-4-3-5-8-17)23-21-12-11-19(27(34)35-2)16-22(21)29-25(23)32/h3-12,15-16,23,31H,13-14H2,1-2H3,(H,29,32). The van der Waals surface area contributed by atoms with E-state index in [0.717, 1.165) is 5.56 Å². The number of rotatable bonds is 7. The number of amides is 2. The number of anilines is 1. The average Bonchev–Trinajstić information content (AvgIpc) is 3.21. The molecule has 0 saturated heterocycles. The second kappa shape index (κ2) is 10.3. The number of likely N-dealkylation sites (N-methyl/N-ethyl adjacent to an activating group) is 1. The maximum atomic E-state index is 13.1. The van der Waals surface area contributed by atoms with Crippen molar-refractivity contribution in [1.82, 2.24) is 4.90 Å². The van der Waals surface area contributed by atoms with Crippen LogP contribution in [0, 0.1) is 0 Å². The van der Waals surface area contributed by atoms with Crippen LogP contribution >= 0.6 is 0 Å². The number of carbonyl (C=O) groups is 3. The van der Waals surface area contributed by atoms with Crippen LogP contribution in [-0.4, -0.2) is 60.8 Å². The van der Waals surface area contributed by atoms with Gasteiger partial charge in [-0.05, 0) is 41.5 Å². The number of carbonyl (C=O) groups excluding carboxylic acids is 3. The second-order valence-corrected chi connectivity index (χ2v) is 8.08. The predicted octanol–water partition coefficient (Wildman–Crippen LogP) is 3.39. The summed E-state index contributed by atoms with van der Waals surface area (Å²) in [4.78, 5) is 44.0. The molecule has 3 aromatic rings. The van der Waals surface area contributed by atoms with E-state index in [0.29, 0.717) is 33.8 Å². The van der Waals surface area contributed by atoms with Crippen molar-refractivity contribution in [3.05, 3.63) is 95.1 Å². The fourth-order valence-corrected chi connectivity index (χ4v) is 4.00. The zero-order valence-electron chi connectivity index (χ0n) is 19.4. The fourth-order valence-electron chi connectivity index (χ4n) is 4.00. The van der Waals surface area contributed by atoms with E-state index in [9.17, 15) is 14.4 Å².